The molecule has 0 radical (unpaired) electrons. The van der Waals surface area contributed by atoms with Gasteiger partial charge in [0.05, 0.1) is 35.1 Å². The Morgan fingerprint density at radius 3 is 2.80 bits per heavy atom. The highest BCUT2D eigenvalue weighted by Gasteiger charge is 2.44. The first-order valence-corrected chi connectivity index (χ1v) is 7.96. The fraction of sp³-hybridized carbons (Fsp3) is 0.786. The lowest BCUT2D eigenvalue weighted by Gasteiger charge is -2.34. The van der Waals surface area contributed by atoms with Crippen molar-refractivity contribution in [1.29, 1.82) is 0 Å². The summed E-state index contributed by atoms with van der Waals surface area (Å²) < 4.78 is 13.7. The summed E-state index contributed by atoms with van der Waals surface area (Å²) in [7, 11) is 1.66. The third-order valence-electron chi connectivity index (χ3n) is 3.98. The van der Waals surface area contributed by atoms with E-state index in [-0.39, 0.29) is 0 Å². The third kappa shape index (κ3) is 3.08. The van der Waals surface area contributed by atoms with Gasteiger partial charge in [0.1, 0.15) is 6.10 Å². The Labute approximate surface area is 128 Å². The molecule has 114 valence electrons. The van der Waals surface area contributed by atoms with Gasteiger partial charge in [-0.3, -0.25) is 4.68 Å². The van der Waals surface area contributed by atoms with Crippen molar-refractivity contribution in [2.75, 3.05) is 20.3 Å². The molecule has 1 aliphatic rings. The molecule has 1 fully saturated rings. The smallest absolute Gasteiger partial charge is 0.126 e. The summed E-state index contributed by atoms with van der Waals surface area (Å²) in [5.41, 5.74) is 0.319. The fourth-order valence-corrected chi connectivity index (χ4v) is 3.52. The van der Waals surface area contributed by atoms with Crippen molar-refractivity contribution in [2.45, 2.75) is 50.9 Å². The molecule has 0 bridgehead atoms. The minimum atomic E-state index is -0.668. The van der Waals surface area contributed by atoms with Gasteiger partial charge in [0.15, 0.2) is 0 Å². The van der Waals surface area contributed by atoms with E-state index in [2.05, 4.69) is 21.0 Å². The summed E-state index contributed by atoms with van der Waals surface area (Å²) in [5, 5.41) is 15.2. The second-order valence-electron chi connectivity index (χ2n) is 5.20. The van der Waals surface area contributed by atoms with Crippen LogP contribution in [0.2, 0.25) is 0 Å². The zero-order chi connectivity index (χ0) is 14.6. The van der Waals surface area contributed by atoms with Crippen molar-refractivity contribution in [1.82, 2.24) is 9.78 Å². The van der Waals surface area contributed by atoms with Crippen molar-refractivity contribution < 1.29 is 14.6 Å². The maximum Gasteiger partial charge on any atom is 0.126 e. The highest BCUT2D eigenvalue weighted by Crippen LogP contribution is 2.44. The predicted octanol–water partition coefficient (Wildman–Crippen LogP) is 2.67. The quantitative estimate of drug-likeness (QED) is 0.824. The Morgan fingerprint density at radius 1 is 1.50 bits per heavy atom. The molecule has 1 aromatic rings. The number of aliphatic hydroxyl groups excluding tert-OH is 1. The highest BCUT2D eigenvalue weighted by atomic mass is 79.9. The first kappa shape index (κ1) is 15.9. The van der Waals surface area contributed by atoms with Crippen LogP contribution in [0, 0.1) is 0 Å². The molecule has 5 nitrogen and oxygen atoms in total. The third-order valence-corrected chi connectivity index (χ3v) is 4.59. The number of nitrogens with zero attached hydrogens (tertiary/aromatic N) is 2. The number of halogens is 1. The molecular formula is C14H23BrN2O3. The van der Waals surface area contributed by atoms with E-state index in [0.29, 0.717) is 19.8 Å². The topological polar surface area (TPSA) is 56.5 Å². The van der Waals surface area contributed by atoms with Gasteiger partial charge < -0.3 is 14.6 Å². The van der Waals surface area contributed by atoms with Crippen LogP contribution in [-0.2, 0) is 16.0 Å². The van der Waals surface area contributed by atoms with Gasteiger partial charge in [-0.1, -0.05) is 12.8 Å². The maximum atomic E-state index is 10.9. The minimum absolute atomic E-state index is 0.470. The van der Waals surface area contributed by atoms with Gasteiger partial charge in [-0.05, 0) is 35.7 Å². The van der Waals surface area contributed by atoms with E-state index in [9.17, 15) is 5.11 Å². The maximum absolute atomic E-state index is 10.9. The van der Waals surface area contributed by atoms with Crippen LogP contribution in [0.4, 0.5) is 0 Å². The summed E-state index contributed by atoms with van der Waals surface area (Å²) in [4.78, 5) is 0. The molecule has 1 aromatic heterocycles. The zero-order valence-corrected chi connectivity index (χ0v) is 13.7. The predicted molar refractivity (Wildman–Crippen MR) is 79.6 cm³/mol. The molecule has 0 aromatic carbocycles. The van der Waals surface area contributed by atoms with Crippen LogP contribution < -0.4 is 0 Å². The first-order valence-electron chi connectivity index (χ1n) is 7.17. The van der Waals surface area contributed by atoms with Crippen molar-refractivity contribution >= 4 is 15.9 Å². The summed E-state index contributed by atoms with van der Waals surface area (Å²) in [6, 6.07) is 0. The molecule has 1 unspecified atom stereocenters. The average molecular weight is 347 g/mol. The number of aliphatic hydroxyl groups is 1. The molecular weight excluding hydrogens is 324 g/mol. The molecule has 0 saturated heterocycles. The van der Waals surface area contributed by atoms with Crippen molar-refractivity contribution in [3.63, 3.8) is 0 Å². The Kier molecular flexibility index (Phi) is 5.60. The number of aromatic nitrogens is 2. The van der Waals surface area contributed by atoms with E-state index in [0.717, 1.165) is 35.8 Å². The molecule has 0 aliphatic heterocycles. The zero-order valence-electron chi connectivity index (χ0n) is 12.1. The Morgan fingerprint density at radius 2 is 2.20 bits per heavy atom. The second-order valence-corrected chi connectivity index (χ2v) is 6.06. The molecule has 1 N–H and O–H groups in total. The van der Waals surface area contributed by atoms with E-state index in [1.54, 1.807) is 18.0 Å². The van der Waals surface area contributed by atoms with E-state index >= 15 is 0 Å². The lowest BCUT2D eigenvalue weighted by Crippen LogP contribution is -2.38. The summed E-state index contributed by atoms with van der Waals surface area (Å²) in [6.45, 7) is 3.77. The van der Waals surface area contributed by atoms with Gasteiger partial charge in [0.2, 0.25) is 0 Å². The number of rotatable bonds is 7. The van der Waals surface area contributed by atoms with Gasteiger partial charge in [0.25, 0.3) is 0 Å². The van der Waals surface area contributed by atoms with Crippen LogP contribution in [0.1, 0.15) is 44.4 Å². The van der Waals surface area contributed by atoms with Gasteiger partial charge in [0, 0.05) is 13.7 Å². The van der Waals surface area contributed by atoms with E-state index in [1.165, 1.54) is 0 Å². The van der Waals surface area contributed by atoms with Crippen molar-refractivity contribution in [3.05, 3.63) is 16.4 Å². The molecule has 20 heavy (non-hydrogen) atoms. The summed E-state index contributed by atoms with van der Waals surface area (Å²) in [6.07, 6.45) is 5.04. The molecule has 2 rings (SSSR count). The van der Waals surface area contributed by atoms with E-state index < -0.39 is 11.7 Å². The van der Waals surface area contributed by atoms with Gasteiger partial charge in [-0.25, -0.2) is 0 Å². The SMILES string of the molecule is CCOC1(C(O)c2c(Br)cnn2CCOC)CCCC1. The average Bonchev–Trinajstić information content (AvgIpc) is 3.04. The first-order chi connectivity index (χ1) is 9.64. The Balaban J connectivity index is 2.26. The lowest BCUT2D eigenvalue weighted by atomic mass is 9.92. The van der Waals surface area contributed by atoms with Crippen LogP contribution in [-0.4, -0.2) is 40.8 Å². The lowest BCUT2D eigenvalue weighted by molar-refractivity contribution is -0.121. The van der Waals surface area contributed by atoms with Gasteiger partial charge in [-0.2, -0.15) is 5.10 Å². The standard InChI is InChI=1S/C14H23BrN2O3/c1-3-20-14(6-4-5-7-14)13(18)12-11(15)10-16-17(12)8-9-19-2/h10,13,18H,3-9H2,1-2H3. The minimum Gasteiger partial charge on any atom is -0.384 e. The molecule has 0 spiro atoms. The molecule has 1 atom stereocenters. The van der Waals surface area contributed by atoms with Crippen LogP contribution >= 0.6 is 15.9 Å². The number of ether oxygens (including phenoxy) is 2. The summed E-state index contributed by atoms with van der Waals surface area (Å²) >= 11 is 3.49. The largest absolute Gasteiger partial charge is 0.384 e. The molecule has 6 heteroatoms. The summed E-state index contributed by atoms with van der Waals surface area (Å²) in [5.74, 6) is 0. The molecule has 0 amide bonds. The van der Waals surface area contributed by atoms with E-state index in [1.807, 2.05) is 6.92 Å². The Bertz CT molecular complexity index is 430. The Hall–Kier alpha value is -0.430. The van der Waals surface area contributed by atoms with Crippen molar-refractivity contribution in [3.8, 4) is 0 Å². The monoisotopic (exact) mass is 346 g/mol. The second kappa shape index (κ2) is 7.02. The normalized spacial score (nSPS) is 19.4. The molecule has 1 aliphatic carbocycles. The number of methoxy groups -OCH3 is 1. The van der Waals surface area contributed by atoms with Crippen LogP contribution in [0.5, 0.6) is 0 Å². The molecule has 1 heterocycles. The van der Waals surface area contributed by atoms with Gasteiger partial charge in [-0.15, -0.1) is 0 Å². The highest BCUT2D eigenvalue weighted by molar-refractivity contribution is 9.10. The van der Waals surface area contributed by atoms with Crippen LogP contribution in [0.25, 0.3) is 0 Å². The fourth-order valence-electron chi connectivity index (χ4n) is 3.01. The number of hydrogen-bond donors (Lipinski definition) is 1. The number of hydrogen-bond acceptors (Lipinski definition) is 4. The van der Waals surface area contributed by atoms with E-state index in [4.69, 9.17) is 9.47 Å². The molecule has 1 saturated carbocycles. The van der Waals surface area contributed by atoms with Crippen molar-refractivity contribution in [2.24, 2.45) is 0 Å². The van der Waals surface area contributed by atoms with Gasteiger partial charge >= 0.3 is 0 Å². The van der Waals surface area contributed by atoms with Crippen LogP contribution in [0.3, 0.4) is 0 Å². The van der Waals surface area contributed by atoms with Crippen LogP contribution in [0.15, 0.2) is 10.7 Å².